The Hall–Kier alpha value is -2.95. The maximum Gasteiger partial charge on any atom is 0.348 e. The smallest absolute Gasteiger partial charge is 0.348 e. The van der Waals surface area contributed by atoms with Gasteiger partial charge in [0.2, 0.25) is 6.29 Å². The van der Waals surface area contributed by atoms with Crippen molar-refractivity contribution in [1.82, 2.24) is 4.90 Å². The molecular weight excluding hydrogens is 306 g/mol. The van der Waals surface area contributed by atoms with Crippen molar-refractivity contribution in [3.63, 3.8) is 0 Å². The molecule has 2 aromatic rings. The van der Waals surface area contributed by atoms with E-state index in [4.69, 9.17) is 9.16 Å². The van der Waals surface area contributed by atoms with Gasteiger partial charge in [-0.2, -0.15) is 0 Å². The van der Waals surface area contributed by atoms with E-state index in [1.165, 1.54) is 4.90 Å². The highest BCUT2D eigenvalue weighted by atomic mass is 16.5. The number of hydrogen-bond acceptors (Lipinski definition) is 3. The van der Waals surface area contributed by atoms with Crippen molar-refractivity contribution in [2.45, 2.75) is 6.61 Å². The second kappa shape index (κ2) is 8.06. The molecule has 0 aliphatic rings. The summed E-state index contributed by atoms with van der Waals surface area (Å²) in [6.07, 6.45) is 1.70. The first-order valence-corrected chi connectivity index (χ1v) is 7.45. The molecule has 5 heteroatoms. The molecule has 2 aromatic carbocycles. The number of ether oxygens (including phenoxy) is 1. The number of benzene rings is 2. The van der Waals surface area contributed by atoms with Crippen molar-refractivity contribution in [2.75, 3.05) is 21.2 Å². The topological polar surface area (TPSA) is 57.9 Å². The Morgan fingerprint density at radius 3 is 2.46 bits per heavy atom. The van der Waals surface area contributed by atoms with Gasteiger partial charge in [0, 0.05) is 25.2 Å². The molecule has 0 atom stereocenters. The first kappa shape index (κ1) is 17.4. The zero-order valence-electron chi connectivity index (χ0n) is 14.0. The van der Waals surface area contributed by atoms with Gasteiger partial charge in [0.05, 0.1) is 12.7 Å². The molecule has 0 N–H and O–H groups in total. The summed E-state index contributed by atoms with van der Waals surface area (Å²) in [6, 6.07) is 13.1. The molecule has 2 rings (SSSR count). The Morgan fingerprint density at radius 1 is 1.17 bits per heavy atom. The van der Waals surface area contributed by atoms with Gasteiger partial charge in [-0.3, -0.25) is 14.0 Å². The molecule has 0 saturated heterocycles. The lowest BCUT2D eigenvalue weighted by molar-refractivity contribution is -0.468. The van der Waals surface area contributed by atoms with Crippen LogP contribution in [0.3, 0.4) is 0 Å². The number of carbonyl (C=O) groups is 2. The Kier molecular flexibility index (Phi) is 5.84. The molecule has 124 valence electrons. The highest BCUT2D eigenvalue weighted by Gasteiger charge is 2.14. The van der Waals surface area contributed by atoms with Gasteiger partial charge in [-0.25, -0.2) is 0 Å². The zero-order chi connectivity index (χ0) is 17.5. The third-order valence-corrected chi connectivity index (χ3v) is 3.54. The minimum atomic E-state index is -0.0416. The second-order valence-corrected chi connectivity index (χ2v) is 5.36. The van der Waals surface area contributed by atoms with Gasteiger partial charge in [-0.1, -0.05) is 24.3 Å². The average Bonchev–Trinajstić information content (AvgIpc) is 2.61. The number of hydrogen-bond donors (Lipinski definition) is 0. The maximum atomic E-state index is 12.0. The Morgan fingerprint density at radius 2 is 1.88 bits per heavy atom. The molecular formula is C19H20NO4+. The van der Waals surface area contributed by atoms with Crippen molar-refractivity contribution >= 4 is 18.5 Å². The minimum absolute atomic E-state index is 0.0416. The lowest BCUT2D eigenvalue weighted by Crippen LogP contribution is -2.21. The van der Waals surface area contributed by atoms with E-state index in [9.17, 15) is 9.59 Å². The molecule has 0 radical (unpaired) electrons. The van der Waals surface area contributed by atoms with Crippen LogP contribution in [0.5, 0.6) is 5.75 Å². The monoisotopic (exact) mass is 326 g/mol. The Bertz CT molecular complexity index is 748. The van der Waals surface area contributed by atoms with E-state index < -0.39 is 0 Å². The van der Waals surface area contributed by atoms with Crippen LogP contribution < -0.4 is 4.74 Å². The molecule has 0 spiro atoms. The van der Waals surface area contributed by atoms with E-state index in [1.54, 1.807) is 33.3 Å². The van der Waals surface area contributed by atoms with Crippen LogP contribution in [0.25, 0.3) is 11.1 Å². The molecule has 0 heterocycles. The van der Waals surface area contributed by atoms with Gasteiger partial charge in [-0.15, -0.1) is 0 Å². The summed E-state index contributed by atoms with van der Waals surface area (Å²) in [6.45, 7) is 0.243. The third-order valence-electron chi connectivity index (χ3n) is 3.54. The summed E-state index contributed by atoms with van der Waals surface area (Å²) in [5.41, 5.74) is 3.29. The Balaban J connectivity index is 2.37. The highest BCUT2D eigenvalue weighted by molar-refractivity contribution is 6.09. The van der Waals surface area contributed by atoms with E-state index >= 15 is 0 Å². The summed E-state index contributed by atoms with van der Waals surface area (Å²) >= 11 is 0. The predicted molar refractivity (Wildman–Crippen MR) is 92.3 cm³/mol. The SMILES string of the molecule is COc1c(C[O+]=CC=O)cccc1-c1ccc(C(=O)N(C)C)cc1. The number of para-hydroxylation sites is 1. The normalized spacial score (nSPS) is 10.6. The molecule has 24 heavy (non-hydrogen) atoms. The minimum Gasteiger partial charge on any atom is -0.495 e. The number of rotatable bonds is 6. The van der Waals surface area contributed by atoms with Crippen molar-refractivity contribution in [3.8, 4) is 16.9 Å². The molecule has 0 aliphatic carbocycles. The molecule has 0 saturated carbocycles. The van der Waals surface area contributed by atoms with Gasteiger partial charge in [0.25, 0.3) is 12.5 Å². The number of carbonyl (C=O) groups excluding carboxylic acids is 3. The first-order chi connectivity index (χ1) is 11.6. The largest absolute Gasteiger partial charge is 0.495 e. The van der Waals surface area contributed by atoms with E-state index in [1.807, 2.05) is 30.3 Å². The number of aldehydes is 2. The van der Waals surface area contributed by atoms with Crippen molar-refractivity contribution in [3.05, 3.63) is 53.6 Å². The number of amides is 1. The molecule has 5 nitrogen and oxygen atoms in total. The van der Waals surface area contributed by atoms with Gasteiger partial charge < -0.3 is 9.64 Å². The first-order valence-electron chi connectivity index (χ1n) is 7.45. The molecule has 0 aliphatic heterocycles. The molecule has 0 aromatic heterocycles. The summed E-state index contributed by atoms with van der Waals surface area (Å²) in [7, 11) is 5.04. The quantitative estimate of drug-likeness (QED) is 0.465. The number of methoxy groups -OCH3 is 1. The van der Waals surface area contributed by atoms with E-state index in [0.717, 1.165) is 23.0 Å². The van der Waals surface area contributed by atoms with Gasteiger partial charge in [0.1, 0.15) is 5.75 Å². The van der Waals surface area contributed by atoms with E-state index in [-0.39, 0.29) is 12.5 Å². The van der Waals surface area contributed by atoms with Crippen molar-refractivity contribution in [2.24, 2.45) is 0 Å². The second-order valence-electron chi connectivity index (χ2n) is 5.36. The molecule has 0 fully saturated rings. The maximum absolute atomic E-state index is 12.0. The molecule has 1 amide bonds. The molecule has 0 unspecified atom stereocenters. The summed E-state index contributed by atoms with van der Waals surface area (Å²) < 4.78 is 10.7. The molecule has 0 bridgehead atoms. The summed E-state index contributed by atoms with van der Waals surface area (Å²) in [4.78, 5) is 23.8. The van der Waals surface area contributed by atoms with Crippen LogP contribution in [0.2, 0.25) is 0 Å². The van der Waals surface area contributed by atoms with Gasteiger partial charge >= 0.3 is 6.29 Å². The number of nitrogens with zero attached hydrogens (tertiary/aromatic N) is 1. The standard InChI is InChI=1S/C19H20NO4/c1-20(2)19(22)15-9-7-14(8-10-15)17-6-4-5-16(18(17)23-3)13-24-12-11-21/h4-12H,13H2,1-3H3/q+1. The van der Waals surface area contributed by atoms with Crippen LogP contribution >= 0.6 is 0 Å². The third kappa shape index (κ3) is 3.87. The fraction of sp³-hybridized carbons (Fsp3) is 0.211. The van der Waals surface area contributed by atoms with Crippen molar-refractivity contribution < 1.29 is 18.8 Å². The van der Waals surface area contributed by atoms with Crippen LogP contribution in [0, 0.1) is 0 Å². The van der Waals surface area contributed by atoms with Crippen LogP contribution in [0.15, 0.2) is 42.5 Å². The Labute approximate surface area is 141 Å². The fourth-order valence-corrected chi connectivity index (χ4v) is 2.39. The predicted octanol–water partition coefficient (Wildman–Crippen LogP) is 2.50. The summed E-state index contributed by atoms with van der Waals surface area (Å²) in [5, 5.41) is 0. The van der Waals surface area contributed by atoms with Crippen LogP contribution in [-0.2, 0) is 15.8 Å². The van der Waals surface area contributed by atoms with Crippen LogP contribution in [0.1, 0.15) is 15.9 Å². The fourth-order valence-electron chi connectivity index (χ4n) is 2.39. The lowest BCUT2D eigenvalue weighted by atomic mass is 10.00. The van der Waals surface area contributed by atoms with E-state index in [0.29, 0.717) is 17.6 Å². The van der Waals surface area contributed by atoms with Crippen LogP contribution in [-0.4, -0.2) is 44.6 Å². The van der Waals surface area contributed by atoms with E-state index in [2.05, 4.69) is 0 Å². The van der Waals surface area contributed by atoms with Gasteiger partial charge in [0.15, 0.2) is 0 Å². The average molecular weight is 326 g/mol. The van der Waals surface area contributed by atoms with Crippen LogP contribution in [0.4, 0.5) is 0 Å². The highest BCUT2D eigenvalue weighted by Crippen LogP contribution is 2.33. The lowest BCUT2D eigenvalue weighted by Gasteiger charge is -2.13. The van der Waals surface area contributed by atoms with Crippen molar-refractivity contribution in [1.29, 1.82) is 0 Å². The zero-order valence-corrected chi connectivity index (χ0v) is 14.0. The summed E-state index contributed by atoms with van der Waals surface area (Å²) in [5.74, 6) is 0.642. The van der Waals surface area contributed by atoms with Gasteiger partial charge in [-0.05, 0) is 23.8 Å².